The summed E-state index contributed by atoms with van der Waals surface area (Å²) in [6.45, 7) is 2.96. The molecule has 2 aromatic carbocycles. The topological polar surface area (TPSA) is 96.0 Å². The first-order valence-electron chi connectivity index (χ1n) is 12.1. The van der Waals surface area contributed by atoms with Gasteiger partial charge in [0.25, 0.3) is 0 Å². The molecular weight excluding hydrogens is 446 g/mol. The number of benzene rings is 2. The maximum Gasteiger partial charge on any atom is 0.338 e. The van der Waals surface area contributed by atoms with E-state index in [2.05, 4.69) is 5.32 Å². The van der Waals surface area contributed by atoms with Gasteiger partial charge in [-0.3, -0.25) is 9.59 Å². The fourth-order valence-electron chi connectivity index (χ4n) is 4.70. The van der Waals surface area contributed by atoms with Crippen LogP contribution < -0.4 is 5.32 Å². The summed E-state index contributed by atoms with van der Waals surface area (Å²) < 4.78 is 5.20. The Balaban J connectivity index is 1.33. The predicted molar refractivity (Wildman–Crippen MR) is 130 cm³/mol. The molecule has 2 aliphatic heterocycles. The molecule has 0 bridgehead atoms. The van der Waals surface area contributed by atoms with E-state index >= 15 is 0 Å². The lowest BCUT2D eigenvalue weighted by molar-refractivity contribution is -0.141. The van der Waals surface area contributed by atoms with Gasteiger partial charge in [0.15, 0.2) is 12.4 Å². The number of nitrogens with zero attached hydrogens (tertiary/aromatic N) is 2. The van der Waals surface area contributed by atoms with Crippen molar-refractivity contribution in [2.24, 2.45) is 0 Å². The highest BCUT2D eigenvalue weighted by molar-refractivity contribution is 5.96. The summed E-state index contributed by atoms with van der Waals surface area (Å²) in [6.07, 6.45) is 2.52. The van der Waals surface area contributed by atoms with Gasteiger partial charge in [0.2, 0.25) is 5.91 Å². The third-order valence-electron chi connectivity index (χ3n) is 6.63. The van der Waals surface area contributed by atoms with E-state index in [1.165, 1.54) is 0 Å². The van der Waals surface area contributed by atoms with E-state index in [4.69, 9.17) is 4.74 Å². The largest absolute Gasteiger partial charge is 0.454 e. The summed E-state index contributed by atoms with van der Waals surface area (Å²) in [5.41, 5.74) is 2.51. The number of aryl methyl sites for hydroxylation is 1. The number of nitrogens with one attached hydrogen (secondary N) is 1. The molecule has 2 saturated heterocycles. The molecule has 2 fully saturated rings. The molecule has 0 saturated carbocycles. The highest BCUT2D eigenvalue weighted by atomic mass is 16.5. The van der Waals surface area contributed by atoms with Gasteiger partial charge in [-0.25, -0.2) is 9.59 Å². The van der Waals surface area contributed by atoms with Crippen molar-refractivity contribution in [1.82, 2.24) is 15.1 Å². The summed E-state index contributed by atoms with van der Waals surface area (Å²) in [7, 11) is 0. The minimum atomic E-state index is -0.635. The van der Waals surface area contributed by atoms with Gasteiger partial charge in [0.05, 0.1) is 11.6 Å². The fraction of sp³-hybridized carbons (Fsp3) is 0.407. The number of hydrogen-bond acceptors (Lipinski definition) is 5. The number of carbonyl (C=O) groups excluding carboxylic acids is 4. The van der Waals surface area contributed by atoms with E-state index < -0.39 is 18.1 Å². The quantitative estimate of drug-likeness (QED) is 0.619. The smallest absolute Gasteiger partial charge is 0.338 e. The molecule has 0 spiro atoms. The molecule has 8 nitrogen and oxygen atoms in total. The Hall–Kier alpha value is -3.68. The van der Waals surface area contributed by atoms with Crippen LogP contribution in [-0.2, 0) is 20.9 Å². The monoisotopic (exact) mass is 477 g/mol. The molecule has 4 rings (SSSR count). The van der Waals surface area contributed by atoms with Crippen molar-refractivity contribution in [3.05, 3.63) is 71.3 Å². The molecule has 1 unspecified atom stereocenters. The molecule has 8 heteroatoms. The number of ketones is 1. The molecule has 0 aromatic heterocycles. The maximum atomic E-state index is 13.4. The van der Waals surface area contributed by atoms with E-state index in [-0.39, 0.29) is 24.3 Å². The maximum absolute atomic E-state index is 13.4. The number of ether oxygens (including phenoxy) is 1. The predicted octanol–water partition coefficient (Wildman–Crippen LogP) is 3.09. The normalized spacial score (nSPS) is 19.5. The lowest BCUT2D eigenvalue weighted by atomic mass is 10.1. The van der Waals surface area contributed by atoms with Crippen molar-refractivity contribution < 1.29 is 23.9 Å². The van der Waals surface area contributed by atoms with Crippen molar-refractivity contribution in [3.63, 3.8) is 0 Å². The van der Waals surface area contributed by atoms with Crippen LogP contribution in [0.2, 0.25) is 0 Å². The molecule has 2 aliphatic rings. The average Bonchev–Trinajstić information content (AvgIpc) is 3.57. The van der Waals surface area contributed by atoms with E-state index in [0.29, 0.717) is 44.5 Å². The zero-order valence-corrected chi connectivity index (χ0v) is 19.9. The number of Topliss-reactive ketones (excluding diaryl/α,β-unsaturated/α-hetero) is 1. The van der Waals surface area contributed by atoms with Gasteiger partial charge < -0.3 is 19.9 Å². The van der Waals surface area contributed by atoms with Crippen LogP contribution in [-0.4, -0.2) is 65.3 Å². The Kier molecular flexibility index (Phi) is 7.80. The molecule has 1 N–H and O–H groups in total. The van der Waals surface area contributed by atoms with Crippen molar-refractivity contribution in [3.8, 4) is 0 Å². The first-order valence-corrected chi connectivity index (χ1v) is 12.1. The van der Waals surface area contributed by atoms with E-state index in [0.717, 1.165) is 17.5 Å². The second-order valence-corrected chi connectivity index (χ2v) is 9.09. The molecule has 2 heterocycles. The molecule has 3 amide bonds. The second-order valence-electron chi connectivity index (χ2n) is 9.09. The SMILES string of the molecule is Cc1ccc(CNC(=O)N2CCCC2C(=O)N2CCC[C@H]2C(=O)COC(=O)c2ccccc2)cc1. The Morgan fingerprint density at radius 3 is 2.26 bits per heavy atom. The lowest BCUT2D eigenvalue weighted by Gasteiger charge is -2.31. The van der Waals surface area contributed by atoms with Crippen LogP contribution in [0.4, 0.5) is 4.79 Å². The Labute approximate surface area is 205 Å². The standard InChI is InChI=1S/C27H31N3O5/c1-19-11-13-20(14-12-19)17-28-27(34)30-16-6-10-23(30)25(32)29-15-5-9-22(29)24(31)18-35-26(33)21-7-3-2-4-8-21/h2-4,7-8,11-14,22-23H,5-6,9-10,15-18H2,1H3,(H,28,34)/t22-,23?/m0/s1. The zero-order chi connectivity index (χ0) is 24.8. The Morgan fingerprint density at radius 2 is 1.54 bits per heavy atom. The van der Waals surface area contributed by atoms with Crippen LogP contribution in [0.5, 0.6) is 0 Å². The van der Waals surface area contributed by atoms with Crippen LogP contribution in [0.15, 0.2) is 54.6 Å². The minimum Gasteiger partial charge on any atom is -0.454 e. The molecule has 2 aromatic rings. The molecule has 35 heavy (non-hydrogen) atoms. The Bertz CT molecular complexity index is 1070. The number of carbonyl (C=O) groups is 4. The molecular formula is C27H31N3O5. The van der Waals surface area contributed by atoms with Crippen LogP contribution in [0.3, 0.4) is 0 Å². The first-order chi connectivity index (χ1) is 16.9. The Morgan fingerprint density at radius 1 is 0.886 bits per heavy atom. The minimum absolute atomic E-state index is 0.210. The number of hydrogen-bond donors (Lipinski definition) is 1. The molecule has 0 radical (unpaired) electrons. The van der Waals surface area contributed by atoms with Crippen LogP contribution in [0.1, 0.15) is 47.2 Å². The molecule has 0 aliphatic carbocycles. The van der Waals surface area contributed by atoms with Gasteiger partial charge in [-0.2, -0.15) is 0 Å². The van der Waals surface area contributed by atoms with Gasteiger partial charge in [-0.15, -0.1) is 0 Å². The summed E-state index contributed by atoms with van der Waals surface area (Å²) in [5.74, 6) is -1.08. The summed E-state index contributed by atoms with van der Waals surface area (Å²) in [5, 5.41) is 2.91. The van der Waals surface area contributed by atoms with Gasteiger partial charge >= 0.3 is 12.0 Å². The van der Waals surface area contributed by atoms with Gasteiger partial charge in [-0.1, -0.05) is 48.0 Å². The van der Waals surface area contributed by atoms with E-state index in [1.54, 1.807) is 40.1 Å². The van der Waals surface area contributed by atoms with Crippen LogP contribution >= 0.6 is 0 Å². The molecule has 2 atom stereocenters. The number of urea groups is 1. The van der Waals surface area contributed by atoms with Crippen molar-refractivity contribution >= 4 is 23.7 Å². The fourth-order valence-corrected chi connectivity index (χ4v) is 4.70. The first kappa shape index (κ1) is 24.4. The zero-order valence-electron chi connectivity index (χ0n) is 19.9. The third-order valence-corrected chi connectivity index (χ3v) is 6.63. The average molecular weight is 478 g/mol. The second kappa shape index (κ2) is 11.2. The number of amides is 3. The summed E-state index contributed by atoms with van der Waals surface area (Å²) in [6, 6.07) is 14.9. The van der Waals surface area contributed by atoms with Crippen molar-refractivity contribution in [1.29, 1.82) is 0 Å². The summed E-state index contributed by atoms with van der Waals surface area (Å²) >= 11 is 0. The number of esters is 1. The van der Waals surface area contributed by atoms with Gasteiger partial charge in [0, 0.05) is 19.6 Å². The third kappa shape index (κ3) is 5.88. The van der Waals surface area contributed by atoms with E-state index in [9.17, 15) is 19.2 Å². The molecule has 184 valence electrons. The van der Waals surface area contributed by atoms with E-state index in [1.807, 2.05) is 31.2 Å². The number of rotatable bonds is 7. The van der Waals surface area contributed by atoms with Crippen molar-refractivity contribution in [2.75, 3.05) is 19.7 Å². The van der Waals surface area contributed by atoms with Crippen molar-refractivity contribution in [2.45, 2.75) is 51.2 Å². The van der Waals surface area contributed by atoms with Gasteiger partial charge in [0.1, 0.15) is 6.04 Å². The summed E-state index contributed by atoms with van der Waals surface area (Å²) in [4.78, 5) is 54.4. The lowest BCUT2D eigenvalue weighted by Crippen LogP contribution is -2.53. The number of likely N-dealkylation sites (tertiary alicyclic amines) is 2. The highest BCUT2D eigenvalue weighted by Gasteiger charge is 2.42. The highest BCUT2D eigenvalue weighted by Crippen LogP contribution is 2.25. The van der Waals surface area contributed by atoms with Gasteiger partial charge in [-0.05, 0) is 50.3 Å². The van der Waals surface area contributed by atoms with Crippen LogP contribution in [0, 0.1) is 6.92 Å². The van der Waals surface area contributed by atoms with Crippen LogP contribution in [0.25, 0.3) is 0 Å².